The van der Waals surface area contributed by atoms with Crippen LogP contribution in [0.25, 0.3) is 0 Å². The average molecular weight is 367 g/mol. The van der Waals surface area contributed by atoms with Crippen LogP contribution in [0.4, 0.5) is 5.69 Å². The fourth-order valence-electron chi connectivity index (χ4n) is 3.55. The number of rotatable bonds is 4. The van der Waals surface area contributed by atoms with E-state index in [0.29, 0.717) is 25.3 Å². The number of hydrogen-bond acceptors (Lipinski definition) is 5. The Balaban J connectivity index is 1.53. The monoisotopic (exact) mass is 367 g/mol. The summed E-state index contributed by atoms with van der Waals surface area (Å²) in [5.74, 6) is 1.72. The van der Waals surface area contributed by atoms with Gasteiger partial charge in [0, 0.05) is 37.2 Å². The topological polar surface area (TPSA) is 58.3 Å². The van der Waals surface area contributed by atoms with Crippen LogP contribution in [0, 0.1) is 0 Å². The number of aryl methyl sites for hydroxylation is 1. The van der Waals surface area contributed by atoms with Gasteiger partial charge in [-0.25, -0.2) is 0 Å². The minimum absolute atomic E-state index is 0.00500. The summed E-state index contributed by atoms with van der Waals surface area (Å²) in [5, 5.41) is 6.49. The standard InChI is InChI=1S/C21H25N3O3/c1-3-18-8-9-20(27-18)19-14-26-13-12-23(19)21(25)16-4-6-17(7-5-16)24-11-10-15(2)22-24/h4-9,19H,3,10-14H2,1-2H3. The molecule has 142 valence electrons. The molecular formula is C21H25N3O3. The van der Waals surface area contributed by atoms with Gasteiger partial charge in [0.25, 0.3) is 5.91 Å². The fraction of sp³-hybridized carbons (Fsp3) is 0.429. The largest absolute Gasteiger partial charge is 0.464 e. The zero-order chi connectivity index (χ0) is 18.8. The van der Waals surface area contributed by atoms with Crippen molar-refractivity contribution in [1.29, 1.82) is 0 Å². The van der Waals surface area contributed by atoms with Gasteiger partial charge in [0.2, 0.25) is 0 Å². The van der Waals surface area contributed by atoms with E-state index in [1.54, 1.807) is 0 Å². The number of hydrazone groups is 1. The van der Waals surface area contributed by atoms with Crippen LogP contribution in [0.1, 0.15) is 48.2 Å². The Morgan fingerprint density at radius 2 is 2.00 bits per heavy atom. The molecule has 6 nitrogen and oxygen atoms in total. The molecule has 27 heavy (non-hydrogen) atoms. The Bertz CT molecular complexity index is 841. The Morgan fingerprint density at radius 3 is 2.67 bits per heavy atom. The van der Waals surface area contributed by atoms with Crippen molar-refractivity contribution in [3.8, 4) is 0 Å². The van der Waals surface area contributed by atoms with E-state index >= 15 is 0 Å². The molecule has 0 bridgehead atoms. The second-order valence-electron chi connectivity index (χ2n) is 7.00. The van der Waals surface area contributed by atoms with Crippen LogP contribution in [0.5, 0.6) is 0 Å². The number of morpholine rings is 1. The summed E-state index contributed by atoms with van der Waals surface area (Å²) in [7, 11) is 0. The van der Waals surface area contributed by atoms with Crippen LogP contribution in [-0.2, 0) is 11.2 Å². The van der Waals surface area contributed by atoms with E-state index in [2.05, 4.69) is 12.0 Å². The molecule has 2 aliphatic rings. The number of carbonyl (C=O) groups excluding carboxylic acids is 1. The van der Waals surface area contributed by atoms with Gasteiger partial charge in [0.05, 0.1) is 18.9 Å². The molecule has 2 aliphatic heterocycles. The summed E-state index contributed by atoms with van der Waals surface area (Å²) in [5.41, 5.74) is 2.82. The molecule has 2 aromatic rings. The van der Waals surface area contributed by atoms with Crippen molar-refractivity contribution in [2.45, 2.75) is 32.7 Å². The molecule has 0 saturated carbocycles. The number of benzene rings is 1. The Hall–Kier alpha value is -2.60. The van der Waals surface area contributed by atoms with Gasteiger partial charge >= 0.3 is 0 Å². The predicted octanol–water partition coefficient (Wildman–Crippen LogP) is 3.64. The maximum Gasteiger partial charge on any atom is 0.254 e. The summed E-state index contributed by atoms with van der Waals surface area (Å²) in [6.45, 7) is 6.54. The summed E-state index contributed by atoms with van der Waals surface area (Å²) >= 11 is 0. The van der Waals surface area contributed by atoms with Crippen molar-refractivity contribution in [3.63, 3.8) is 0 Å². The van der Waals surface area contributed by atoms with E-state index in [4.69, 9.17) is 9.15 Å². The lowest BCUT2D eigenvalue weighted by atomic mass is 10.1. The smallest absolute Gasteiger partial charge is 0.254 e. The third kappa shape index (κ3) is 3.62. The van der Waals surface area contributed by atoms with Crippen molar-refractivity contribution in [2.24, 2.45) is 5.10 Å². The number of furan rings is 1. The molecule has 1 amide bonds. The van der Waals surface area contributed by atoms with Crippen LogP contribution < -0.4 is 5.01 Å². The van der Waals surface area contributed by atoms with Crippen molar-refractivity contribution in [3.05, 3.63) is 53.5 Å². The Kier molecular flexibility index (Phi) is 4.99. The normalized spacial score (nSPS) is 20.1. The van der Waals surface area contributed by atoms with E-state index < -0.39 is 0 Å². The Morgan fingerprint density at radius 1 is 1.19 bits per heavy atom. The van der Waals surface area contributed by atoms with Gasteiger partial charge in [-0.2, -0.15) is 5.10 Å². The second-order valence-corrected chi connectivity index (χ2v) is 7.00. The van der Waals surface area contributed by atoms with Crippen molar-refractivity contribution >= 4 is 17.3 Å². The molecule has 6 heteroatoms. The van der Waals surface area contributed by atoms with Crippen molar-refractivity contribution in [2.75, 3.05) is 31.3 Å². The first kappa shape index (κ1) is 17.8. The molecule has 0 N–H and O–H groups in total. The highest BCUT2D eigenvalue weighted by molar-refractivity contribution is 5.95. The zero-order valence-electron chi connectivity index (χ0n) is 15.9. The number of anilines is 1. The molecule has 0 spiro atoms. The molecule has 1 aromatic carbocycles. The summed E-state index contributed by atoms with van der Waals surface area (Å²) < 4.78 is 11.5. The maximum absolute atomic E-state index is 13.1. The maximum atomic E-state index is 13.1. The SMILES string of the molecule is CCc1ccc(C2COCCN2C(=O)c2ccc(N3CCC(C)=N3)cc2)o1. The highest BCUT2D eigenvalue weighted by Gasteiger charge is 2.31. The number of carbonyl (C=O) groups is 1. The van der Waals surface area contributed by atoms with E-state index in [1.807, 2.05) is 53.2 Å². The highest BCUT2D eigenvalue weighted by atomic mass is 16.5. The van der Waals surface area contributed by atoms with Gasteiger partial charge in [-0.15, -0.1) is 0 Å². The van der Waals surface area contributed by atoms with E-state index in [-0.39, 0.29) is 11.9 Å². The quantitative estimate of drug-likeness (QED) is 0.828. The van der Waals surface area contributed by atoms with Crippen molar-refractivity contribution in [1.82, 2.24) is 4.90 Å². The minimum Gasteiger partial charge on any atom is -0.464 e. The molecule has 1 saturated heterocycles. The van der Waals surface area contributed by atoms with Gasteiger partial charge in [-0.05, 0) is 43.3 Å². The van der Waals surface area contributed by atoms with Crippen LogP contribution in [0.3, 0.4) is 0 Å². The van der Waals surface area contributed by atoms with Crippen LogP contribution in [-0.4, -0.2) is 42.8 Å². The Labute approximate surface area is 159 Å². The molecule has 1 atom stereocenters. The van der Waals surface area contributed by atoms with Gasteiger partial charge in [0.1, 0.15) is 17.6 Å². The summed E-state index contributed by atoms with van der Waals surface area (Å²) in [4.78, 5) is 15.0. The molecule has 0 aliphatic carbocycles. The molecule has 4 rings (SSSR count). The molecule has 3 heterocycles. The summed E-state index contributed by atoms with van der Waals surface area (Å²) in [6, 6.07) is 11.4. The van der Waals surface area contributed by atoms with Crippen LogP contribution in [0.2, 0.25) is 0 Å². The molecule has 1 fully saturated rings. The van der Waals surface area contributed by atoms with Gasteiger partial charge in [0.15, 0.2) is 0 Å². The zero-order valence-corrected chi connectivity index (χ0v) is 15.9. The van der Waals surface area contributed by atoms with Gasteiger partial charge < -0.3 is 14.1 Å². The molecule has 1 unspecified atom stereocenters. The van der Waals surface area contributed by atoms with Crippen LogP contribution in [0.15, 0.2) is 45.9 Å². The van der Waals surface area contributed by atoms with Crippen LogP contribution >= 0.6 is 0 Å². The molecule has 1 aromatic heterocycles. The number of ether oxygens (including phenoxy) is 1. The number of nitrogens with zero attached hydrogens (tertiary/aromatic N) is 3. The predicted molar refractivity (Wildman–Crippen MR) is 104 cm³/mol. The molecular weight excluding hydrogens is 342 g/mol. The first-order valence-corrected chi connectivity index (χ1v) is 9.54. The average Bonchev–Trinajstić information content (AvgIpc) is 3.36. The van der Waals surface area contributed by atoms with Gasteiger partial charge in [-0.3, -0.25) is 9.80 Å². The van der Waals surface area contributed by atoms with E-state index in [9.17, 15) is 4.79 Å². The van der Waals surface area contributed by atoms with Crippen molar-refractivity contribution < 1.29 is 13.9 Å². The number of amides is 1. The molecule has 0 radical (unpaired) electrons. The second kappa shape index (κ2) is 7.56. The first-order valence-electron chi connectivity index (χ1n) is 9.54. The van der Waals surface area contributed by atoms with E-state index in [0.717, 1.165) is 42.3 Å². The first-order chi connectivity index (χ1) is 13.2. The lowest BCUT2D eigenvalue weighted by Crippen LogP contribution is -2.43. The highest BCUT2D eigenvalue weighted by Crippen LogP contribution is 2.28. The van der Waals surface area contributed by atoms with Gasteiger partial charge in [-0.1, -0.05) is 6.92 Å². The lowest BCUT2D eigenvalue weighted by molar-refractivity contribution is -0.00901. The lowest BCUT2D eigenvalue weighted by Gasteiger charge is -2.34. The minimum atomic E-state index is -0.183. The number of hydrogen-bond donors (Lipinski definition) is 0. The fourth-order valence-corrected chi connectivity index (χ4v) is 3.55. The third-order valence-electron chi connectivity index (χ3n) is 5.14. The third-order valence-corrected chi connectivity index (χ3v) is 5.14. The summed E-state index contributed by atoms with van der Waals surface area (Å²) in [6.07, 6.45) is 1.82. The van der Waals surface area contributed by atoms with E-state index in [1.165, 1.54) is 0 Å².